The SMILES string of the molecule is COCCNCc1cnc(Nc2cccc(Cl)c2)cc1C1CC1. The second kappa shape index (κ2) is 7.77. The van der Waals surface area contributed by atoms with Crippen LogP contribution >= 0.6 is 11.6 Å². The van der Waals surface area contributed by atoms with Gasteiger partial charge in [-0.25, -0.2) is 4.98 Å². The molecule has 0 bridgehead atoms. The van der Waals surface area contributed by atoms with Crippen molar-refractivity contribution in [2.24, 2.45) is 0 Å². The van der Waals surface area contributed by atoms with Gasteiger partial charge in [-0.05, 0) is 54.2 Å². The summed E-state index contributed by atoms with van der Waals surface area (Å²) in [5.41, 5.74) is 3.63. The van der Waals surface area contributed by atoms with Crippen LogP contribution in [-0.4, -0.2) is 25.2 Å². The second-order valence-electron chi connectivity index (χ2n) is 5.85. The maximum Gasteiger partial charge on any atom is 0.130 e. The summed E-state index contributed by atoms with van der Waals surface area (Å²) in [6.45, 7) is 2.41. The Morgan fingerprint density at radius 3 is 2.91 bits per heavy atom. The van der Waals surface area contributed by atoms with Gasteiger partial charge in [0.2, 0.25) is 0 Å². The number of benzene rings is 1. The third kappa shape index (κ3) is 4.67. The van der Waals surface area contributed by atoms with E-state index in [0.717, 1.165) is 36.2 Å². The molecule has 1 heterocycles. The van der Waals surface area contributed by atoms with E-state index in [-0.39, 0.29) is 0 Å². The Balaban J connectivity index is 1.71. The molecule has 1 aliphatic carbocycles. The van der Waals surface area contributed by atoms with Crippen LogP contribution in [0.4, 0.5) is 11.5 Å². The number of pyridine rings is 1. The molecule has 2 aromatic rings. The first-order chi connectivity index (χ1) is 11.3. The van der Waals surface area contributed by atoms with E-state index in [1.807, 2.05) is 30.5 Å². The highest BCUT2D eigenvalue weighted by Gasteiger charge is 2.26. The van der Waals surface area contributed by atoms with E-state index in [4.69, 9.17) is 16.3 Å². The Labute approximate surface area is 142 Å². The summed E-state index contributed by atoms with van der Waals surface area (Å²) in [4.78, 5) is 4.55. The van der Waals surface area contributed by atoms with Gasteiger partial charge in [-0.15, -0.1) is 0 Å². The molecule has 1 fully saturated rings. The van der Waals surface area contributed by atoms with Crippen LogP contribution in [0.5, 0.6) is 0 Å². The Morgan fingerprint density at radius 2 is 2.17 bits per heavy atom. The first kappa shape index (κ1) is 16.2. The summed E-state index contributed by atoms with van der Waals surface area (Å²) >= 11 is 6.03. The van der Waals surface area contributed by atoms with Gasteiger partial charge in [-0.1, -0.05) is 17.7 Å². The molecule has 0 saturated heterocycles. The summed E-state index contributed by atoms with van der Waals surface area (Å²) in [6.07, 6.45) is 4.51. The molecule has 3 rings (SSSR count). The minimum atomic E-state index is 0.678. The fourth-order valence-electron chi connectivity index (χ4n) is 2.60. The maximum absolute atomic E-state index is 6.03. The summed E-state index contributed by atoms with van der Waals surface area (Å²) in [6, 6.07) is 9.86. The minimum Gasteiger partial charge on any atom is -0.383 e. The molecular formula is C18H22ClN3O. The largest absolute Gasteiger partial charge is 0.383 e. The van der Waals surface area contributed by atoms with Crippen LogP contribution in [0.25, 0.3) is 0 Å². The maximum atomic E-state index is 6.03. The standard InChI is InChI=1S/C18H22ClN3O/c1-23-8-7-20-11-14-12-21-18(10-17(14)13-5-6-13)22-16-4-2-3-15(19)9-16/h2-4,9-10,12-13,20H,5-8,11H2,1H3,(H,21,22). The van der Waals surface area contributed by atoms with Gasteiger partial charge in [-0.2, -0.15) is 0 Å². The van der Waals surface area contributed by atoms with Crippen LogP contribution in [0, 0.1) is 0 Å². The van der Waals surface area contributed by atoms with E-state index >= 15 is 0 Å². The highest BCUT2D eigenvalue weighted by molar-refractivity contribution is 6.30. The molecule has 1 aromatic carbocycles. The molecule has 1 aliphatic rings. The fourth-order valence-corrected chi connectivity index (χ4v) is 2.79. The number of rotatable bonds is 8. The van der Waals surface area contributed by atoms with Gasteiger partial charge in [-0.3, -0.25) is 0 Å². The summed E-state index contributed by atoms with van der Waals surface area (Å²) in [7, 11) is 1.72. The number of nitrogens with one attached hydrogen (secondary N) is 2. The Morgan fingerprint density at radius 1 is 1.30 bits per heavy atom. The van der Waals surface area contributed by atoms with Gasteiger partial charge in [0, 0.05) is 37.1 Å². The first-order valence-corrected chi connectivity index (χ1v) is 8.35. The van der Waals surface area contributed by atoms with Gasteiger partial charge in [0.1, 0.15) is 5.82 Å². The van der Waals surface area contributed by atoms with Gasteiger partial charge in [0.25, 0.3) is 0 Å². The van der Waals surface area contributed by atoms with Crippen molar-refractivity contribution in [2.75, 3.05) is 25.6 Å². The summed E-state index contributed by atoms with van der Waals surface area (Å²) in [5.74, 6) is 1.55. The van der Waals surface area contributed by atoms with E-state index in [1.165, 1.54) is 24.0 Å². The van der Waals surface area contributed by atoms with Crippen LogP contribution in [0.1, 0.15) is 29.9 Å². The first-order valence-electron chi connectivity index (χ1n) is 7.97. The average Bonchev–Trinajstić information content (AvgIpc) is 3.37. The number of ether oxygens (including phenoxy) is 1. The summed E-state index contributed by atoms with van der Waals surface area (Å²) in [5, 5.41) is 7.45. The van der Waals surface area contributed by atoms with Crippen molar-refractivity contribution in [1.29, 1.82) is 0 Å². The van der Waals surface area contributed by atoms with E-state index in [1.54, 1.807) is 7.11 Å². The quantitative estimate of drug-likeness (QED) is 0.715. The van der Waals surface area contributed by atoms with Gasteiger partial charge < -0.3 is 15.4 Å². The number of hydrogen-bond donors (Lipinski definition) is 2. The lowest BCUT2D eigenvalue weighted by atomic mass is 10.1. The highest BCUT2D eigenvalue weighted by atomic mass is 35.5. The van der Waals surface area contributed by atoms with Crippen molar-refractivity contribution in [3.05, 3.63) is 52.7 Å². The van der Waals surface area contributed by atoms with Gasteiger partial charge in [0.15, 0.2) is 0 Å². The second-order valence-corrected chi connectivity index (χ2v) is 6.28. The molecule has 0 amide bonds. The van der Waals surface area contributed by atoms with Crippen molar-refractivity contribution in [1.82, 2.24) is 10.3 Å². The molecule has 4 nitrogen and oxygen atoms in total. The highest BCUT2D eigenvalue weighted by Crippen LogP contribution is 2.42. The number of hydrogen-bond acceptors (Lipinski definition) is 4. The molecule has 122 valence electrons. The number of anilines is 2. The fraction of sp³-hybridized carbons (Fsp3) is 0.389. The number of nitrogens with zero attached hydrogens (tertiary/aromatic N) is 1. The molecular weight excluding hydrogens is 310 g/mol. The topological polar surface area (TPSA) is 46.2 Å². The minimum absolute atomic E-state index is 0.678. The van der Waals surface area contributed by atoms with Crippen LogP contribution in [-0.2, 0) is 11.3 Å². The van der Waals surface area contributed by atoms with Crippen molar-refractivity contribution < 1.29 is 4.74 Å². The predicted octanol–water partition coefficient (Wildman–Crippen LogP) is 4.09. The Bertz CT molecular complexity index is 658. The molecule has 1 saturated carbocycles. The van der Waals surface area contributed by atoms with Crippen molar-refractivity contribution >= 4 is 23.1 Å². The normalized spacial score (nSPS) is 14.0. The molecule has 0 spiro atoms. The van der Waals surface area contributed by atoms with E-state index in [9.17, 15) is 0 Å². The molecule has 23 heavy (non-hydrogen) atoms. The monoisotopic (exact) mass is 331 g/mol. The van der Waals surface area contributed by atoms with Crippen molar-refractivity contribution in [3.8, 4) is 0 Å². The average molecular weight is 332 g/mol. The Kier molecular flexibility index (Phi) is 5.49. The van der Waals surface area contributed by atoms with E-state index < -0.39 is 0 Å². The zero-order valence-electron chi connectivity index (χ0n) is 13.3. The zero-order valence-corrected chi connectivity index (χ0v) is 14.1. The van der Waals surface area contributed by atoms with Gasteiger partial charge >= 0.3 is 0 Å². The Hall–Kier alpha value is -1.62. The van der Waals surface area contributed by atoms with Gasteiger partial charge in [0.05, 0.1) is 6.61 Å². The third-order valence-corrected chi connectivity index (χ3v) is 4.17. The van der Waals surface area contributed by atoms with Crippen molar-refractivity contribution in [3.63, 3.8) is 0 Å². The smallest absolute Gasteiger partial charge is 0.130 e. The van der Waals surface area contributed by atoms with E-state index in [0.29, 0.717) is 5.92 Å². The lowest BCUT2D eigenvalue weighted by Crippen LogP contribution is -2.19. The van der Waals surface area contributed by atoms with Crippen LogP contribution in [0.3, 0.4) is 0 Å². The van der Waals surface area contributed by atoms with Crippen LogP contribution in [0.15, 0.2) is 36.5 Å². The predicted molar refractivity (Wildman–Crippen MR) is 94.5 cm³/mol. The lowest BCUT2D eigenvalue weighted by Gasteiger charge is -2.13. The summed E-state index contributed by atoms with van der Waals surface area (Å²) < 4.78 is 5.07. The molecule has 0 unspecified atom stereocenters. The number of methoxy groups -OCH3 is 1. The van der Waals surface area contributed by atoms with Crippen LogP contribution in [0.2, 0.25) is 5.02 Å². The molecule has 5 heteroatoms. The number of halogens is 1. The molecule has 1 aromatic heterocycles. The molecule has 0 atom stereocenters. The number of aromatic nitrogens is 1. The third-order valence-electron chi connectivity index (χ3n) is 3.94. The van der Waals surface area contributed by atoms with E-state index in [2.05, 4.69) is 21.7 Å². The molecule has 0 aliphatic heterocycles. The zero-order chi connectivity index (χ0) is 16.1. The molecule has 2 N–H and O–H groups in total. The van der Waals surface area contributed by atoms with Crippen molar-refractivity contribution in [2.45, 2.75) is 25.3 Å². The lowest BCUT2D eigenvalue weighted by molar-refractivity contribution is 0.199. The molecule has 0 radical (unpaired) electrons. The van der Waals surface area contributed by atoms with Crippen LogP contribution < -0.4 is 10.6 Å².